The van der Waals surface area contributed by atoms with Crippen molar-refractivity contribution < 1.29 is 14.1 Å². The average molecular weight is 386 g/mol. The molecular weight excluding hydrogens is 372 g/mol. The van der Waals surface area contributed by atoms with Gasteiger partial charge in [0.25, 0.3) is 11.6 Å². The Bertz CT molecular complexity index is 962. The number of rotatable bonds is 5. The minimum atomic E-state index is -0.435. The van der Waals surface area contributed by atoms with Gasteiger partial charge in [0.1, 0.15) is 15.8 Å². The summed E-state index contributed by atoms with van der Waals surface area (Å²) in [5, 5.41) is 10.8. The van der Waals surface area contributed by atoms with E-state index in [4.69, 9.17) is 16.6 Å². The maximum absolute atomic E-state index is 12.3. The fourth-order valence-corrected chi connectivity index (χ4v) is 3.78. The van der Waals surface area contributed by atoms with Crippen LogP contribution in [-0.4, -0.2) is 26.6 Å². The van der Waals surface area contributed by atoms with E-state index < -0.39 is 4.92 Å². The van der Waals surface area contributed by atoms with Crippen molar-refractivity contribution in [2.24, 2.45) is 0 Å². The topological polar surface area (TPSA) is 76.6 Å². The van der Waals surface area contributed by atoms with Gasteiger partial charge in [0.15, 0.2) is 0 Å². The van der Waals surface area contributed by atoms with E-state index >= 15 is 0 Å². The van der Waals surface area contributed by atoms with E-state index in [1.165, 1.54) is 28.8 Å². The first-order chi connectivity index (χ1) is 12.4. The maximum atomic E-state index is 12.3. The van der Waals surface area contributed by atoms with Crippen LogP contribution in [0, 0.1) is 17.0 Å². The first-order valence-electron chi connectivity index (χ1n) is 7.62. The molecule has 132 valence electrons. The van der Waals surface area contributed by atoms with E-state index in [2.05, 4.69) is 6.58 Å². The molecule has 1 aliphatic heterocycles. The predicted molar refractivity (Wildman–Crippen MR) is 106 cm³/mol. The minimum absolute atomic E-state index is 0.0314. The summed E-state index contributed by atoms with van der Waals surface area (Å²) in [5.74, 6) is 0.909. The molecule has 1 aromatic carbocycles. The Morgan fingerprint density at radius 3 is 2.81 bits per heavy atom. The molecule has 8 heteroatoms. The number of carbonyl (C=O) groups is 1. The molecule has 2 heterocycles. The Morgan fingerprint density at radius 1 is 1.38 bits per heavy atom. The Kier molecular flexibility index (Phi) is 5.06. The van der Waals surface area contributed by atoms with Crippen molar-refractivity contribution in [3.05, 3.63) is 69.3 Å². The van der Waals surface area contributed by atoms with Crippen molar-refractivity contribution in [2.45, 2.75) is 6.92 Å². The molecule has 0 saturated carbocycles. The van der Waals surface area contributed by atoms with E-state index in [1.807, 2.05) is 0 Å². The van der Waals surface area contributed by atoms with Crippen molar-refractivity contribution in [2.75, 3.05) is 6.54 Å². The highest BCUT2D eigenvalue weighted by Gasteiger charge is 2.31. The molecule has 0 N–H and O–H groups in total. The summed E-state index contributed by atoms with van der Waals surface area (Å²) < 4.78 is 6.28. The first-order valence-corrected chi connectivity index (χ1v) is 8.84. The third-order valence-corrected chi connectivity index (χ3v) is 5.15. The lowest BCUT2D eigenvalue weighted by molar-refractivity contribution is -0.384. The Balaban J connectivity index is 1.87. The molecule has 3 rings (SSSR count). The number of benzene rings is 1. The van der Waals surface area contributed by atoms with Crippen molar-refractivity contribution in [1.82, 2.24) is 4.90 Å². The molecule has 2 aromatic rings. The summed E-state index contributed by atoms with van der Waals surface area (Å²) in [4.78, 5) is 24.7. The van der Waals surface area contributed by atoms with Gasteiger partial charge in [-0.25, -0.2) is 0 Å². The molecule has 0 unspecified atom stereocenters. The summed E-state index contributed by atoms with van der Waals surface area (Å²) in [6.45, 7) is 5.77. The normalized spacial score (nSPS) is 15.7. The van der Waals surface area contributed by atoms with Crippen LogP contribution < -0.4 is 0 Å². The quantitative estimate of drug-likeness (QED) is 0.247. The van der Waals surface area contributed by atoms with Crippen LogP contribution in [-0.2, 0) is 4.79 Å². The number of hydrogen-bond donors (Lipinski definition) is 0. The molecule has 1 aromatic heterocycles. The smallest absolute Gasteiger partial charge is 0.269 e. The highest BCUT2D eigenvalue weighted by Crippen LogP contribution is 2.34. The Hall–Kier alpha value is -2.71. The van der Waals surface area contributed by atoms with E-state index in [1.54, 1.807) is 37.3 Å². The average Bonchev–Trinajstić information content (AvgIpc) is 3.15. The van der Waals surface area contributed by atoms with Gasteiger partial charge in [-0.1, -0.05) is 30.1 Å². The third kappa shape index (κ3) is 3.47. The van der Waals surface area contributed by atoms with Crippen LogP contribution in [0.4, 0.5) is 5.69 Å². The molecule has 0 aliphatic carbocycles. The number of hydrogen-bond acceptors (Lipinski definition) is 6. The number of carbonyl (C=O) groups excluding carboxylic acids is 1. The lowest BCUT2D eigenvalue weighted by atomic mass is 10.1. The number of nitrogens with zero attached hydrogens (tertiary/aromatic N) is 2. The second-order valence-electron chi connectivity index (χ2n) is 5.54. The fraction of sp³-hybridized carbons (Fsp3) is 0.111. The first kappa shape index (κ1) is 18.1. The lowest BCUT2D eigenvalue weighted by Crippen LogP contribution is -2.27. The van der Waals surface area contributed by atoms with Gasteiger partial charge >= 0.3 is 0 Å². The Labute approximate surface area is 159 Å². The fourth-order valence-electron chi connectivity index (χ4n) is 2.53. The van der Waals surface area contributed by atoms with Gasteiger partial charge < -0.3 is 4.42 Å². The van der Waals surface area contributed by atoms with Crippen LogP contribution in [0.2, 0.25) is 0 Å². The number of thiocarbonyl (C=S) groups is 1. The van der Waals surface area contributed by atoms with Crippen molar-refractivity contribution in [3.63, 3.8) is 0 Å². The summed E-state index contributed by atoms with van der Waals surface area (Å²) in [7, 11) is 0. The van der Waals surface area contributed by atoms with Gasteiger partial charge in [-0.15, -0.1) is 6.58 Å². The summed E-state index contributed by atoms with van der Waals surface area (Å²) in [5.41, 5.74) is 1.52. The van der Waals surface area contributed by atoms with Crippen LogP contribution in [0.15, 0.2) is 52.3 Å². The van der Waals surface area contributed by atoms with Crippen molar-refractivity contribution in [3.8, 4) is 11.3 Å². The van der Waals surface area contributed by atoms with E-state index in [9.17, 15) is 14.9 Å². The zero-order valence-corrected chi connectivity index (χ0v) is 15.4. The van der Waals surface area contributed by atoms with Crippen molar-refractivity contribution >= 4 is 46.0 Å². The monoisotopic (exact) mass is 386 g/mol. The van der Waals surface area contributed by atoms with Gasteiger partial charge in [0, 0.05) is 30.3 Å². The highest BCUT2D eigenvalue weighted by molar-refractivity contribution is 8.26. The Morgan fingerprint density at radius 2 is 2.15 bits per heavy atom. The van der Waals surface area contributed by atoms with Crippen molar-refractivity contribution in [1.29, 1.82) is 0 Å². The molecule has 0 atom stereocenters. The van der Waals surface area contributed by atoms with Crippen LogP contribution >= 0.6 is 24.0 Å². The number of amides is 1. The summed E-state index contributed by atoms with van der Waals surface area (Å²) in [6.07, 6.45) is 3.27. The van der Waals surface area contributed by atoms with Gasteiger partial charge in [-0.2, -0.15) is 0 Å². The van der Waals surface area contributed by atoms with Crippen LogP contribution in [0.1, 0.15) is 11.3 Å². The molecule has 0 spiro atoms. The molecule has 0 bridgehead atoms. The number of nitro benzene ring substituents is 1. The van der Waals surface area contributed by atoms with E-state index in [0.29, 0.717) is 27.3 Å². The van der Waals surface area contributed by atoms with Gasteiger partial charge in [0.2, 0.25) is 0 Å². The zero-order valence-electron chi connectivity index (χ0n) is 13.8. The number of furan rings is 1. The lowest BCUT2D eigenvalue weighted by Gasteiger charge is -2.10. The van der Waals surface area contributed by atoms with E-state index in [-0.39, 0.29) is 11.6 Å². The number of aryl methyl sites for hydroxylation is 1. The second kappa shape index (κ2) is 7.27. The van der Waals surface area contributed by atoms with Crippen LogP contribution in [0.3, 0.4) is 0 Å². The summed E-state index contributed by atoms with van der Waals surface area (Å²) >= 11 is 6.42. The molecule has 26 heavy (non-hydrogen) atoms. The second-order valence-corrected chi connectivity index (χ2v) is 7.22. The number of thioether (sulfide) groups is 1. The largest absolute Gasteiger partial charge is 0.457 e. The molecule has 6 nitrogen and oxygen atoms in total. The third-order valence-electron chi connectivity index (χ3n) is 3.77. The standard InChI is InChI=1S/C18H14N2O4S2/c1-3-8-19-17(21)16(26-18(19)25)10-13-5-7-15(24-13)14-6-4-12(20(22)23)9-11(14)2/h3-7,9-10H,1,8H2,2H3. The van der Waals surface area contributed by atoms with Crippen LogP contribution in [0.25, 0.3) is 17.4 Å². The maximum Gasteiger partial charge on any atom is 0.269 e. The molecule has 1 aliphatic rings. The number of non-ortho nitro benzene ring substituents is 1. The molecule has 0 radical (unpaired) electrons. The predicted octanol–water partition coefficient (Wildman–Crippen LogP) is 4.55. The minimum Gasteiger partial charge on any atom is -0.457 e. The molecular formula is C18H14N2O4S2. The van der Waals surface area contributed by atoms with E-state index in [0.717, 1.165) is 11.1 Å². The van der Waals surface area contributed by atoms with Gasteiger partial charge in [-0.05, 0) is 30.7 Å². The SMILES string of the molecule is C=CCN1C(=O)C(=Cc2ccc(-c3ccc([N+](=O)[O-])cc3C)o2)SC1=S. The number of nitro groups is 1. The molecule has 1 amide bonds. The molecule has 1 fully saturated rings. The van der Waals surface area contributed by atoms with Gasteiger partial charge in [0.05, 0.1) is 9.83 Å². The van der Waals surface area contributed by atoms with Crippen LogP contribution in [0.5, 0.6) is 0 Å². The van der Waals surface area contributed by atoms with Gasteiger partial charge in [-0.3, -0.25) is 19.8 Å². The highest BCUT2D eigenvalue weighted by atomic mass is 32.2. The summed E-state index contributed by atoms with van der Waals surface area (Å²) in [6, 6.07) is 8.10. The molecule has 1 saturated heterocycles. The zero-order chi connectivity index (χ0) is 18.8.